The molecule has 7 nitrogen and oxygen atoms in total. The summed E-state index contributed by atoms with van der Waals surface area (Å²) in [5, 5.41) is 9.17. The lowest BCUT2D eigenvalue weighted by molar-refractivity contribution is -0.136. The molecule has 3 N–H and O–H groups in total. The number of fused-ring (bicyclic) bond motifs is 1. The summed E-state index contributed by atoms with van der Waals surface area (Å²) in [6.07, 6.45) is 2.80. The van der Waals surface area contributed by atoms with Gasteiger partial charge in [-0.3, -0.25) is 19.7 Å². The molecule has 1 aromatic rings. The summed E-state index contributed by atoms with van der Waals surface area (Å²) >= 11 is 0. The molecule has 0 saturated carbocycles. The van der Waals surface area contributed by atoms with Crippen LogP contribution in [0.2, 0.25) is 0 Å². The van der Waals surface area contributed by atoms with Crippen molar-refractivity contribution in [2.75, 3.05) is 18.4 Å². The molecule has 132 valence electrons. The maximum atomic E-state index is 12.8. The van der Waals surface area contributed by atoms with Gasteiger partial charge in [0.15, 0.2) is 0 Å². The molecule has 25 heavy (non-hydrogen) atoms. The van der Waals surface area contributed by atoms with Gasteiger partial charge in [-0.05, 0) is 50.0 Å². The second-order valence-electron chi connectivity index (χ2n) is 6.94. The van der Waals surface area contributed by atoms with Gasteiger partial charge in [0.2, 0.25) is 11.8 Å². The van der Waals surface area contributed by atoms with Gasteiger partial charge in [0, 0.05) is 30.3 Å². The highest BCUT2D eigenvalue weighted by Gasteiger charge is 2.39. The molecule has 2 saturated heterocycles. The van der Waals surface area contributed by atoms with Crippen LogP contribution in [0.5, 0.6) is 0 Å². The van der Waals surface area contributed by atoms with Crippen LogP contribution < -0.4 is 16.0 Å². The van der Waals surface area contributed by atoms with Gasteiger partial charge in [0.05, 0.1) is 0 Å². The van der Waals surface area contributed by atoms with Crippen LogP contribution in [0.1, 0.15) is 41.6 Å². The van der Waals surface area contributed by atoms with Crippen LogP contribution in [-0.4, -0.2) is 47.8 Å². The number of imide groups is 1. The Bertz CT molecular complexity index is 727. The quantitative estimate of drug-likeness (QED) is 0.700. The van der Waals surface area contributed by atoms with Gasteiger partial charge in [0.25, 0.3) is 5.91 Å². The van der Waals surface area contributed by atoms with Crippen LogP contribution >= 0.6 is 0 Å². The number of hydrogen-bond donors (Lipinski definition) is 3. The van der Waals surface area contributed by atoms with Crippen molar-refractivity contribution in [2.24, 2.45) is 0 Å². The van der Waals surface area contributed by atoms with Gasteiger partial charge in [-0.15, -0.1) is 0 Å². The topological polar surface area (TPSA) is 90.5 Å². The highest BCUT2D eigenvalue weighted by Crippen LogP contribution is 2.29. The molecule has 3 aliphatic rings. The van der Waals surface area contributed by atoms with Crippen molar-refractivity contribution in [1.82, 2.24) is 15.5 Å². The zero-order valence-electron chi connectivity index (χ0n) is 14.0. The first kappa shape index (κ1) is 16.1. The Morgan fingerprint density at radius 3 is 2.64 bits per heavy atom. The van der Waals surface area contributed by atoms with Crippen LogP contribution in [0.25, 0.3) is 0 Å². The first-order valence-corrected chi connectivity index (χ1v) is 8.86. The summed E-state index contributed by atoms with van der Waals surface area (Å²) in [7, 11) is 0. The van der Waals surface area contributed by atoms with E-state index in [0.29, 0.717) is 24.6 Å². The Labute approximate surface area is 146 Å². The van der Waals surface area contributed by atoms with E-state index < -0.39 is 6.04 Å². The van der Waals surface area contributed by atoms with Crippen molar-refractivity contribution in [2.45, 2.75) is 44.3 Å². The number of carbonyl (C=O) groups is 3. The zero-order chi connectivity index (χ0) is 17.4. The zero-order valence-corrected chi connectivity index (χ0v) is 14.0. The van der Waals surface area contributed by atoms with Crippen LogP contribution in [0, 0.1) is 0 Å². The Hall–Kier alpha value is -2.41. The molecule has 4 rings (SSSR count). The smallest absolute Gasteiger partial charge is 0.255 e. The van der Waals surface area contributed by atoms with E-state index in [9.17, 15) is 14.4 Å². The number of hydrogen-bond acceptors (Lipinski definition) is 5. The minimum Gasteiger partial charge on any atom is -0.382 e. The number of nitrogens with one attached hydrogen (secondary N) is 3. The van der Waals surface area contributed by atoms with E-state index in [1.807, 2.05) is 18.2 Å². The third-order valence-electron chi connectivity index (χ3n) is 5.24. The number of nitrogens with zero attached hydrogens (tertiary/aromatic N) is 1. The Morgan fingerprint density at radius 1 is 1.08 bits per heavy atom. The van der Waals surface area contributed by atoms with Crippen molar-refractivity contribution in [3.05, 3.63) is 29.3 Å². The average Bonchev–Trinajstić information content (AvgIpc) is 2.92. The second-order valence-corrected chi connectivity index (χ2v) is 6.94. The largest absolute Gasteiger partial charge is 0.382 e. The van der Waals surface area contributed by atoms with Crippen LogP contribution in [-0.2, 0) is 16.1 Å². The number of carbonyl (C=O) groups excluding carboxylic acids is 3. The molecule has 1 unspecified atom stereocenters. The fourth-order valence-corrected chi connectivity index (χ4v) is 3.85. The Kier molecular flexibility index (Phi) is 4.17. The minimum absolute atomic E-state index is 0.126. The Morgan fingerprint density at radius 2 is 1.88 bits per heavy atom. The van der Waals surface area contributed by atoms with Gasteiger partial charge >= 0.3 is 0 Å². The molecule has 3 amide bonds. The van der Waals surface area contributed by atoms with Crippen molar-refractivity contribution >= 4 is 23.4 Å². The van der Waals surface area contributed by atoms with E-state index in [0.717, 1.165) is 37.2 Å². The summed E-state index contributed by atoms with van der Waals surface area (Å²) in [6, 6.07) is 5.72. The monoisotopic (exact) mass is 342 g/mol. The van der Waals surface area contributed by atoms with Crippen LogP contribution in [0.3, 0.4) is 0 Å². The lowest BCUT2D eigenvalue weighted by Gasteiger charge is -2.29. The fraction of sp³-hybridized carbons (Fsp3) is 0.500. The van der Waals surface area contributed by atoms with Gasteiger partial charge in [-0.1, -0.05) is 6.07 Å². The van der Waals surface area contributed by atoms with Gasteiger partial charge in [0.1, 0.15) is 6.04 Å². The molecule has 0 bridgehead atoms. The molecule has 0 radical (unpaired) electrons. The van der Waals surface area contributed by atoms with Crippen molar-refractivity contribution in [3.8, 4) is 0 Å². The molecule has 0 aromatic heterocycles. The van der Waals surface area contributed by atoms with E-state index in [2.05, 4.69) is 16.0 Å². The standard InChI is InChI=1S/C18H22N4O3/c23-16-4-3-15(17(24)21-16)22-10-11-1-2-13(9-14(11)18(22)25)20-12-5-7-19-8-6-12/h1-2,9,12,15,19-20H,3-8,10H2,(H,21,23,24). The van der Waals surface area contributed by atoms with Crippen molar-refractivity contribution < 1.29 is 14.4 Å². The first-order valence-electron chi connectivity index (χ1n) is 8.86. The lowest BCUT2D eigenvalue weighted by Crippen LogP contribution is -2.52. The lowest BCUT2D eigenvalue weighted by atomic mass is 10.0. The highest BCUT2D eigenvalue weighted by molar-refractivity contribution is 6.05. The average molecular weight is 342 g/mol. The molecular weight excluding hydrogens is 320 g/mol. The number of rotatable bonds is 3. The van der Waals surface area contributed by atoms with Gasteiger partial charge in [-0.25, -0.2) is 0 Å². The van der Waals surface area contributed by atoms with Crippen molar-refractivity contribution in [3.63, 3.8) is 0 Å². The second kappa shape index (κ2) is 6.48. The summed E-state index contributed by atoms with van der Waals surface area (Å²) in [5.41, 5.74) is 2.54. The highest BCUT2D eigenvalue weighted by atomic mass is 16.2. The van der Waals surface area contributed by atoms with Crippen molar-refractivity contribution in [1.29, 1.82) is 0 Å². The number of piperidine rings is 2. The molecule has 3 heterocycles. The van der Waals surface area contributed by atoms with E-state index in [-0.39, 0.29) is 24.1 Å². The van der Waals surface area contributed by atoms with E-state index in [1.54, 1.807) is 4.90 Å². The normalized spacial score (nSPS) is 24.2. The predicted octanol–water partition coefficient (Wildman–Crippen LogP) is 0.612. The predicted molar refractivity (Wildman–Crippen MR) is 92.0 cm³/mol. The molecule has 7 heteroatoms. The Balaban J connectivity index is 1.49. The van der Waals surface area contributed by atoms with Gasteiger partial charge < -0.3 is 15.5 Å². The maximum Gasteiger partial charge on any atom is 0.255 e. The fourth-order valence-electron chi connectivity index (χ4n) is 3.85. The number of benzene rings is 1. The molecule has 1 aromatic carbocycles. The first-order chi connectivity index (χ1) is 12.1. The third kappa shape index (κ3) is 3.11. The molecule has 0 spiro atoms. The summed E-state index contributed by atoms with van der Waals surface area (Å²) < 4.78 is 0. The van der Waals surface area contributed by atoms with E-state index in [4.69, 9.17) is 0 Å². The van der Waals surface area contributed by atoms with Gasteiger partial charge in [-0.2, -0.15) is 0 Å². The molecule has 0 aliphatic carbocycles. The number of amides is 3. The van der Waals surface area contributed by atoms with E-state index >= 15 is 0 Å². The molecular formula is C18H22N4O3. The van der Waals surface area contributed by atoms with E-state index in [1.165, 1.54) is 0 Å². The SMILES string of the molecule is O=C1CCC(N2Cc3ccc(NC4CCNCC4)cc3C2=O)C(=O)N1. The summed E-state index contributed by atoms with van der Waals surface area (Å²) in [6.45, 7) is 2.43. The summed E-state index contributed by atoms with van der Waals surface area (Å²) in [4.78, 5) is 37.8. The molecule has 2 fully saturated rings. The van der Waals surface area contributed by atoms with Crippen LogP contribution in [0.4, 0.5) is 5.69 Å². The maximum absolute atomic E-state index is 12.8. The molecule has 3 aliphatic heterocycles. The molecule has 1 atom stereocenters. The minimum atomic E-state index is -0.557. The van der Waals surface area contributed by atoms with Crippen LogP contribution in [0.15, 0.2) is 18.2 Å². The third-order valence-corrected chi connectivity index (χ3v) is 5.24. The summed E-state index contributed by atoms with van der Waals surface area (Å²) in [5.74, 6) is -0.761. The number of anilines is 1.